The molecule has 0 aliphatic carbocycles. The summed E-state index contributed by atoms with van der Waals surface area (Å²) < 4.78 is 28.4. The van der Waals surface area contributed by atoms with Gasteiger partial charge in [-0.2, -0.15) is 0 Å². The van der Waals surface area contributed by atoms with Crippen LogP contribution in [0.2, 0.25) is 0 Å². The number of hydrogen-bond donors (Lipinski definition) is 1. The highest BCUT2D eigenvalue weighted by Crippen LogP contribution is 2.21. The number of hydrogen-bond acceptors (Lipinski definition) is 3. The first-order valence-corrected chi connectivity index (χ1v) is 8.30. The first kappa shape index (κ1) is 15.0. The Morgan fingerprint density at radius 1 is 1.35 bits per heavy atom. The van der Waals surface area contributed by atoms with E-state index in [0.717, 1.165) is 5.56 Å². The van der Waals surface area contributed by atoms with Gasteiger partial charge in [0.25, 0.3) is 0 Å². The number of nitrogens with one attached hydrogen (secondary N) is 1. The highest BCUT2D eigenvalue weighted by Gasteiger charge is 2.23. The van der Waals surface area contributed by atoms with Gasteiger partial charge in [-0.15, -0.1) is 11.6 Å². The lowest BCUT2D eigenvalue weighted by atomic mass is 10.1. The molecular formula is C13H16ClN3O2S. The van der Waals surface area contributed by atoms with Gasteiger partial charge in [-0.3, -0.25) is 0 Å². The smallest absolute Gasteiger partial charge is 0.213 e. The predicted molar refractivity (Wildman–Crippen MR) is 79.1 cm³/mol. The van der Waals surface area contributed by atoms with Crippen LogP contribution in [-0.2, 0) is 17.1 Å². The van der Waals surface area contributed by atoms with Gasteiger partial charge in [0, 0.05) is 25.3 Å². The second-order valence-corrected chi connectivity index (χ2v) is 6.62. The third-order valence-electron chi connectivity index (χ3n) is 2.89. The van der Waals surface area contributed by atoms with Gasteiger partial charge in [-0.25, -0.2) is 18.1 Å². The highest BCUT2D eigenvalue weighted by atomic mass is 35.5. The summed E-state index contributed by atoms with van der Waals surface area (Å²) in [4.78, 5) is 4.24. The normalized spacial score (nSPS) is 13.3. The SMILES string of the molecule is Cn1ccnc1C(NS(=O)(=O)CCCl)c1ccccc1. The van der Waals surface area contributed by atoms with Gasteiger partial charge in [0.15, 0.2) is 0 Å². The second-order valence-electron chi connectivity index (χ2n) is 4.37. The number of benzene rings is 1. The molecule has 1 unspecified atom stereocenters. The first-order valence-electron chi connectivity index (χ1n) is 6.11. The summed E-state index contributed by atoms with van der Waals surface area (Å²) in [6, 6.07) is 8.81. The highest BCUT2D eigenvalue weighted by molar-refractivity contribution is 7.89. The van der Waals surface area contributed by atoms with Crippen LogP contribution in [0.1, 0.15) is 17.4 Å². The Hall–Kier alpha value is -1.37. The van der Waals surface area contributed by atoms with Crippen molar-refractivity contribution in [3.05, 3.63) is 54.1 Å². The van der Waals surface area contributed by atoms with Crippen LogP contribution < -0.4 is 4.72 Å². The molecule has 0 radical (unpaired) electrons. The molecular weight excluding hydrogens is 298 g/mol. The van der Waals surface area contributed by atoms with Gasteiger partial charge in [0.1, 0.15) is 11.9 Å². The number of aryl methyl sites for hydroxylation is 1. The van der Waals surface area contributed by atoms with Gasteiger partial charge in [0.05, 0.1) is 5.75 Å². The molecule has 7 heteroatoms. The average molecular weight is 314 g/mol. The number of sulfonamides is 1. The maximum atomic E-state index is 12.0. The Kier molecular flexibility index (Phi) is 4.80. The maximum Gasteiger partial charge on any atom is 0.213 e. The zero-order valence-corrected chi connectivity index (χ0v) is 12.6. The fourth-order valence-electron chi connectivity index (χ4n) is 1.91. The molecule has 2 aromatic rings. The fourth-order valence-corrected chi connectivity index (χ4v) is 3.44. The van der Waals surface area contributed by atoms with E-state index in [9.17, 15) is 8.42 Å². The minimum atomic E-state index is -3.46. The van der Waals surface area contributed by atoms with Crippen molar-refractivity contribution in [1.29, 1.82) is 0 Å². The third kappa shape index (κ3) is 3.59. The van der Waals surface area contributed by atoms with Crippen molar-refractivity contribution in [2.24, 2.45) is 7.05 Å². The van der Waals surface area contributed by atoms with Gasteiger partial charge in [-0.05, 0) is 5.56 Å². The Morgan fingerprint density at radius 3 is 2.60 bits per heavy atom. The summed E-state index contributed by atoms with van der Waals surface area (Å²) in [5, 5.41) is 0. The van der Waals surface area contributed by atoms with Crippen LogP contribution in [0.3, 0.4) is 0 Å². The molecule has 0 amide bonds. The van der Waals surface area contributed by atoms with Crippen molar-refractivity contribution in [3.63, 3.8) is 0 Å². The number of halogens is 1. The number of rotatable bonds is 6. The molecule has 1 aromatic carbocycles. The van der Waals surface area contributed by atoms with E-state index in [4.69, 9.17) is 11.6 Å². The number of nitrogens with zero attached hydrogens (tertiary/aromatic N) is 2. The first-order chi connectivity index (χ1) is 9.53. The number of aromatic nitrogens is 2. The second kappa shape index (κ2) is 6.39. The molecule has 1 aromatic heterocycles. The van der Waals surface area contributed by atoms with Crippen LogP contribution in [0, 0.1) is 0 Å². The average Bonchev–Trinajstić information content (AvgIpc) is 2.83. The Labute approximate surface area is 123 Å². The van der Waals surface area contributed by atoms with Gasteiger partial charge in [0.2, 0.25) is 10.0 Å². The topological polar surface area (TPSA) is 64.0 Å². The molecule has 0 bridgehead atoms. The van der Waals surface area contributed by atoms with E-state index in [1.807, 2.05) is 37.4 Å². The van der Waals surface area contributed by atoms with Crippen LogP contribution in [0.15, 0.2) is 42.7 Å². The number of imidazole rings is 1. The minimum Gasteiger partial charge on any atom is -0.336 e. The van der Waals surface area contributed by atoms with Gasteiger partial charge >= 0.3 is 0 Å². The third-order valence-corrected chi connectivity index (χ3v) is 4.64. The quantitative estimate of drug-likeness (QED) is 0.825. The Balaban J connectivity index is 2.39. The standard InChI is InChI=1S/C13H16ClN3O2S/c1-17-9-8-15-13(17)12(11-5-3-2-4-6-11)16-20(18,19)10-7-14/h2-6,8-9,12,16H,7,10H2,1H3. The molecule has 1 atom stereocenters. The molecule has 1 heterocycles. The monoisotopic (exact) mass is 313 g/mol. The number of alkyl halides is 1. The van der Waals surface area contributed by atoms with Crippen molar-refractivity contribution < 1.29 is 8.42 Å². The lowest BCUT2D eigenvalue weighted by molar-refractivity contribution is 0.564. The molecule has 108 valence electrons. The van der Waals surface area contributed by atoms with E-state index in [1.165, 1.54) is 0 Å². The van der Waals surface area contributed by atoms with E-state index in [-0.39, 0.29) is 11.6 Å². The van der Waals surface area contributed by atoms with Crippen LogP contribution >= 0.6 is 11.6 Å². The van der Waals surface area contributed by atoms with Crippen LogP contribution in [0.5, 0.6) is 0 Å². The van der Waals surface area contributed by atoms with Gasteiger partial charge in [-0.1, -0.05) is 30.3 Å². The van der Waals surface area contributed by atoms with Crippen molar-refractivity contribution in [1.82, 2.24) is 14.3 Å². The van der Waals surface area contributed by atoms with Crippen LogP contribution in [0.25, 0.3) is 0 Å². The van der Waals surface area contributed by atoms with Crippen LogP contribution in [-0.4, -0.2) is 29.6 Å². The maximum absolute atomic E-state index is 12.0. The van der Waals surface area contributed by atoms with Gasteiger partial charge < -0.3 is 4.57 Å². The van der Waals surface area contributed by atoms with E-state index in [0.29, 0.717) is 5.82 Å². The molecule has 2 rings (SSSR count). The summed E-state index contributed by atoms with van der Waals surface area (Å²) >= 11 is 5.53. The lowest BCUT2D eigenvalue weighted by Gasteiger charge is -2.18. The Bertz CT molecular complexity index is 655. The van der Waals surface area contributed by atoms with E-state index in [2.05, 4.69) is 9.71 Å². The molecule has 0 aliphatic heterocycles. The summed E-state index contributed by atoms with van der Waals surface area (Å²) in [6.07, 6.45) is 3.42. The summed E-state index contributed by atoms with van der Waals surface area (Å²) in [6.45, 7) is 0. The van der Waals surface area contributed by atoms with Crippen molar-refractivity contribution in [3.8, 4) is 0 Å². The molecule has 0 fully saturated rings. The van der Waals surface area contributed by atoms with Crippen molar-refractivity contribution in [2.45, 2.75) is 6.04 Å². The lowest BCUT2D eigenvalue weighted by Crippen LogP contribution is -2.33. The van der Waals surface area contributed by atoms with E-state index < -0.39 is 16.1 Å². The zero-order chi connectivity index (χ0) is 14.6. The molecule has 5 nitrogen and oxygen atoms in total. The summed E-state index contributed by atoms with van der Waals surface area (Å²) in [7, 11) is -1.63. The molecule has 1 N–H and O–H groups in total. The predicted octanol–water partition coefficient (Wildman–Crippen LogP) is 1.67. The summed E-state index contributed by atoms with van der Waals surface area (Å²) in [5.74, 6) is 0.564. The minimum absolute atomic E-state index is 0.0530. The molecule has 0 saturated heterocycles. The van der Waals surface area contributed by atoms with Crippen molar-refractivity contribution in [2.75, 3.05) is 11.6 Å². The van der Waals surface area contributed by atoms with E-state index >= 15 is 0 Å². The molecule has 20 heavy (non-hydrogen) atoms. The fraction of sp³-hybridized carbons (Fsp3) is 0.308. The van der Waals surface area contributed by atoms with Crippen molar-refractivity contribution >= 4 is 21.6 Å². The molecule has 0 spiro atoms. The molecule has 0 aliphatic rings. The van der Waals surface area contributed by atoms with E-state index in [1.54, 1.807) is 17.0 Å². The zero-order valence-electron chi connectivity index (χ0n) is 11.0. The largest absolute Gasteiger partial charge is 0.336 e. The molecule has 0 saturated carbocycles. The Morgan fingerprint density at radius 2 is 2.05 bits per heavy atom. The summed E-state index contributed by atoms with van der Waals surface area (Å²) in [5.41, 5.74) is 0.833. The van der Waals surface area contributed by atoms with Crippen LogP contribution in [0.4, 0.5) is 0 Å².